The first-order valence-electron chi connectivity index (χ1n) is 11.3. The summed E-state index contributed by atoms with van der Waals surface area (Å²) in [6.07, 6.45) is 7.74. The van der Waals surface area contributed by atoms with Crippen molar-refractivity contribution in [2.45, 2.75) is 51.0 Å². The van der Waals surface area contributed by atoms with Crippen LogP contribution < -0.4 is 15.5 Å². The second-order valence-electron chi connectivity index (χ2n) is 8.61. The van der Waals surface area contributed by atoms with Gasteiger partial charge in [-0.3, -0.25) is 4.79 Å². The van der Waals surface area contributed by atoms with E-state index in [2.05, 4.69) is 33.7 Å². The SMILES string of the molecule is O=C(Nc1ccc(N2CCC(NCCc3cccc(Cl)c3)CC2)cc1)C1CCCC1. The molecule has 1 heterocycles. The molecule has 2 N–H and O–H groups in total. The Balaban J connectivity index is 1.19. The molecular weight excluding hydrogens is 394 g/mol. The molecule has 0 aromatic heterocycles. The van der Waals surface area contributed by atoms with Crippen molar-refractivity contribution in [3.05, 3.63) is 59.1 Å². The van der Waals surface area contributed by atoms with Gasteiger partial charge < -0.3 is 15.5 Å². The fourth-order valence-corrected chi connectivity index (χ4v) is 4.86. The molecule has 4 nitrogen and oxygen atoms in total. The highest BCUT2D eigenvalue weighted by molar-refractivity contribution is 6.30. The molecule has 1 saturated heterocycles. The number of nitrogens with one attached hydrogen (secondary N) is 2. The highest BCUT2D eigenvalue weighted by Crippen LogP contribution is 2.27. The molecule has 0 spiro atoms. The van der Waals surface area contributed by atoms with Crippen molar-refractivity contribution in [2.24, 2.45) is 5.92 Å². The minimum Gasteiger partial charge on any atom is -0.371 e. The second kappa shape index (κ2) is 10.3. The minimum absolute atomic E-state index is 0.185. The molecule has 2 fully saturated rings. The van der Waals surface area contributed by atoms with Crippen LogP contribution in [0.5, 0.6) is 0 Å². The van der Waals surface area contributed by atoms with Gasteiger partial charge in [0.1, 0.15) is 0 Å². The maximum Gasteiger partial charge on any atom is 0.227 e. The molecule has 1 saturated carbocycles. The lowest BCUT2D eigenvalue weighted by Gasteiger charge is -2.34. The Morgan fingerprint density at radius 1 is 1.00 bits per heavy atom. The Bertz CT molecular complexity index is 825. The van der Waals surface area contributed by atoms with Gasteiger partial charge >= 0.3 is 0 Å². The number of halogens is 1. The molecule has 2 aliphatic rings. The molecule has 0 atom stereocenters. The maximum atomic E-state index is 12.3. The van der Waals surface area contributed by atoms with Gasteiger partial charge in [0, 0.05) is 41.4 Å². The van der Waals surface area contributed by atoms with Crippen LogP contribution in [-0.2, 0) is 11.2 Å². The van der Waals surface area contributed by atoms with Crippen molar-refractivity contribution in [3.63, 3.8) is 0 Å². The minimum atomic E-state index is 0.185. The number of piperidine rings is 1. The highest BCUT2D eigenvalue weighted by Gasteiger charge is 2.23. The third-order valence-corrected chi connectivity index (χ3v) is 6.69. The Hall–Kier alpha value is -2.04. The van der Waals surface area contributed by atoms with E-state index in [1.807, 2.05) is 30.3 Å². The zero-order valence-corrected chi connectivity index (χ0v) is 18.3. The molecule has 30 heavy (non-hydrogen) atoms. The van der Waals surface area contributed by atoms with E-state index >= 15 is 0 Å². The van der Waals surface area contributed by atoms with E-state index in [-0.39, 0.29) is 11.8 Å². The van der Waals surface area contributed by atoms with Crippen LogP contribution in [0.4, 0.5) is 11.4 Å². The van der Waals surface area contributed by atoms with Gasteiger partial charge in [-0.1, -0.05) is 36.6 Å². The number of nitrogens with zero attached hydrogens (tertiary/aromatic N) is 1. The van der Waals surface area contributed by atoms with Gasteiger partial charge in [0.2, 0.25) is 5.91 Å². The van der Waals surface area contributed by atoms with Gasteiger partial charge in [-0.25, -0.2) is 0 Å². The summed E-state index contributed by atoms with van der Waals surface area (Å²) >= 11 is 6.06. The van der Waals surface area contributed by atoms with E-state index in [9.17, 15) is 4.79 Å². The normalized spacial score (nSPS) is 18.0. The van der Waals surface area contributed by atoms with E-state index in [1.165, 1.54) is 24.1 Å². The van der Waals surface area contributed by atoms with Crippen LogP contribution in [0.2, 0.25) is 5.02 Å². The summed E-state index contributed by atoms with van der Waals surface area (Å²) in [5.41, 5.74) is 3.44. The van der Waals surface area contributed by atoms with Crippen molar-refractivity contribution in [3.8, 4) is 0 Å². The molecular formula is C25H32ClN3O. The Labute approximate surface area is 185 Å². The quantitative estimate of drug-likeness (QED) is 0.635. The Morgan fingerprint density at radius 2 is 1.73 bits per heavy atom. The number of hydrogen-bond acceptors (Lipinski definition) is 3. The molecule has 0 unspecified atom stereocenters. The molecule has 160 valence electrons. The topological polar surface area (TPSA) is 44.4 Å². The first kappa shape index (κ1) is 21.2. The predicted octanol–water partition coefficient (Wildman–Crippen LogP) is 5.27. The van der Waals surface area contributed by atoms with Crippen LogP contribution in [0, 0.1) is 5.92 Å². The van der Waals surface area contributed by atoms with Gasteiger partial charge in [-0.15, -0.1) is 0 Å². The number of carbonyl (C=O) groups is 1. The van der Waals surface area contributed by atoms with Crippen LogP contribution >= 0.6 is 11.6 Å². The Morgan fingerprint density at radius 3 is 2.43 bits per heavy atom. The number of amides is 1. The van der Waals surface area contributed by atoms with Crippen molar-refractivity contribution >= 4 is 28.9 Å². The van der Waals surface area contributed by atoms with Gasteiger partial charge in [0.25, 0.3) is 0 Å². The van der Waals surface area contributed by atoms with Gasteiger partial charge in [-0.05, 0) is 80.6 Å². The molecule has 1 aliphatic carbocycles. The average Bonchev–Trinajstić information content (AvgIpc) is 3.30. The summed E-state index contributed by atoms with van der Waals surface area (Å²) in [4.78, 5) is 14.7. The number of benzene rings is 2. The van der Waals surface area contributed by atoms with Crippen LogP contribution in [0.25, 0.3) is 0 Å². The van der Waals surface area contributed by atoms with Crippen molar-refractivity contribution in [1.29, 1.82) is 0 Å². The van der Waals surface area contributed by atoms with E-state index in [0.717, 1.165) is 62.4 Å². The fraction of sp³-hybridized carbons (Fsp3) is 0.480. The fourth-order valence-electron chi connectivity index (χ4n) is 4.64. The maximum absolute atomic E-state index is 12.3. The van der Waals surface area contributed by atoms with Crippen LogP contribution in [-0.4, -0.2) is 31.6 Å². The van der Waals surface area contributed by atoms with Gasteiger partial charge in [-0.2, -0.15) is 0 Å². The standard InChI is InChI=1S/C25H32ClN3O/c26-21-7-3-4-19(18-21)12-15-27-22-13-16-29(17-14-22)24-10-8-23(9-11-24)28-25(30)20-5-1-2-6-20/h3-4,7-11,18,20,22,27H,1-2,5-6,12-17H2,(H,28,30). The lowest BCUT2D eigenvalue weighted by atomic mass is 10.0. The van der Waals surface area contributed by atoms with Crippen LogP contribution in [0.15, 0.2) is 48.5 Å². The molecule has 1 aliphatic heterocycles. The lowest BCUT2D eigenvalue weighted by molar-refractivity contribution is -0.119. The first-order valence-corrected chi connectivity index (χ1v) is 11.7. The summed E-state index contributed by atoms with van der Waals surface area (Å²) in [5, 5.41) is 7.60. The monoisotopic (exact) mass is 425 g/mol. The third kappa shape index (κ3) is 5.77. The summed E-state index contributed by atoms with van der Waals surface area (Å²) in [5.74, 6) is 0.389. The van der Waals surface area contributed by atoms with E-state index < -0.39 is 0 Å². The summed E-state index contributed by atoms with van der Waals surface area (Å²) < 4.78 is 0. The van der Waals surface area contributed by atoms with Crippen LogP contribution in [0.1, 0.15) is 44.1 Å². The largest absolute Gasteiger partial charge is 0.371 e. The molecule has 0 radical (unpaired) electrons. The van der Waals surface area contributed by atoms with E-state index in [0.29, 0.717) is 6.04 Å². The summed E-state index contributed by atoms with van der Waals surface area (Å²) in [6.45, 7) is 3.10. The number of anilines is 2. The molecule has 4 rings (SSSR count). The number of rotatable bonds is 7. The number of carbonyl (C=O) groups excluding carboxylic acids is 1. The second-order valence-corrected chi connectivity index (χ2v) is 9.05. The smallest absolute Gasteiger partial charge is 0.227 e. The molecule has 5 heteroatoms. The van der Waals surface area contributed by atoms with Crippen molar-refractivity contribution < 1.29 is 4.79 Å². The first-order chi connectivity index (χ1) is 14.7. The van der Waals surface area contributed by atoms with Gasteiger partial charge in [0.15, 0.2) is 0 Å². The predicted molar refractivity (Wildman–Crippen MR) is 125 cm³/mol. The van der Waals surface area contributed by atoms with Crippen LogP contribution in [0.3, 0.4) is 0 Å². The zero-order chi connectivity index (χ0) is 20.8. The zero-order valence-electron chi connectivity index (χ0n) is 17.6. The average molecular weight is 426 g/mol. The summed E-state index contributed by atoms with van der Waals surface area (Å²) in [7, 11) is 0. The third-order valence-electron chi connectivity index (χ3n) is 6.46. The molecule has 2 aromatic carbocycles. The highest BCUT2D eigenvalue weighted by atomic mass is 35.5. The molecule has 0 bridgehead atoms. The summed E-state index contributed by atoms with van der Waals surface area (Å²) in [6, 6.07) is 17.0. The lowest BCUT2D eigenvalue weighted by Crippen LogP contribution is -2.43. The van der Waals surface area contributed by atoms with E-state index in [1.54, 1.807) is 0 Å². The van der Waals surface area contributed by atoms with Crippen molar-refractivity contribution in [2.75, 3.05) is 29.9 Å². The molecule has 2 aromatic rings. The Kier molecular flexibility index (Phi) is 7.29. The number of hydrogen-bond donors (Lipinski definition) is 2. The molecule has 1 amide bonds. The van der Waals surface area contributed by atoms with E-state index in [4.69, 9.17) is 11.6 Å². The van der Waals surface area contributed by atoms with Crippen molar-refractivity contribution in [1.82, 2.24) is 5.32 Å². The van der Waals surface area contributed by atoms with Gasteiger partial charge in [0.05, 0.1) is 0 Å².